The molecular weight excluding hydrogens is 310 g/mol. The highest BCUT2D eigenvalue weighted by molar-refractivity contribution is 5.95. The van der Waals surface area contributed by atoms with E-state index in [1.165, 1.54) is 0 Å². The molecule has 1 fully saturated rings. The van der Waals surface area contributed by atoms with Gasteiger partial charge in [-0.05, 0) is 39.2 Å². The molecule has 0 aromatic carbocycles. The SMILES string of the molecule is CCC(C)OC(=O)/C(=C/C(=O)O)CCCCCCN1CCOCC1. The number of carbonyl (C=O) groups is 2. The molecule has 1 aliphatic rings. The Balaban J connectivity index is 2.24. The molecule has 1 aliphatic heterocycles. The number of carbonyl (C=O) groups excluding carboxylic acids is 1. The van der Waals surface area contributed by atoms with E-state index >= 15 is 0 Å². The summed E-state index contributed by atoms with van der Waals surface area (Å²) in [4.78, 5) is 25.3. The highest BCUT2D eigenvalue weighted by atomic mass is 16.5. The predicted molar refractivity (Wildman–Crippen MR) is 91.9 cm³/mol. The highest BCUT2D eigenvalue weighted by Gasteiger charge is 2.15. The van der Waals surface area contributed by atoms with Crippen LogP contribution in [0, 0.1) is 0 Å². The van der Waals surface area contributed by atoms with Crippen LogP contribution in [0.2, 0.25) is 0 Å². The van der Waals surface area contributed by atoms with Crippen molar-refractivity contribution in [2.24, 2.45) is 0 Å². The fourth-order valence-corrected chi connectivity index (χ4v) is 2.55. The Kier molecular flexibility index (Phi) is 10.4. The molecule has 0 spiro atoms. The molecule has 0 bridgehead atoms. The van der Waals surface area contributed by atoms with Crippen LogP contribution in [0.15, 0.2) is 11.6 Å². The number of hydrogen-bond donors (Lipinski definition) is 1. The Morgan fingerprint density at radius 1 is 1.21 bits per heavy atom. The fraction of sp³-hybridized carbons (Fsp3) is 0.778. The van der Waals surface area contributed by atoms with Gasteiger partial charge >= 0.3 is 11.9 Å². The minimum atomic E-state index is -1.10. The molecule has 1 unspecified atom stereocenters. The number of nitrogens with zero attached hydrogens (tertiary/aromatic N) is 1. The molecule has 1 heterocycles. The second-order valence-corrected chi connectivity index (χ2v) is 6.25. The van der Waals surface area contributed by atoms with Gasteiger partial charge in [-0.2, -0.15) is 0 Å². The standard InChI is InChI=1S/C18H31NO5/c1-3-15(2)24-18(22)16(14-17(20)21)8-6-4-5-7-9-19-10-12-23-13-11-19/h14-15H,3-13H2,1-2H3,(H,20,21)/b16-14+. The molecule has 0 aliphatic carbocycles. The Labute approximate surface area is 144 Å². The molecule has 0 saturated carbocycles. The van der Waals surface area contributed by atoms with Crippen LogP contribution in [0.5, 0.6) is 0 Å². The number of carboxylic acid groups (broad SMARTS) is 1. The van der Waals surface area contributed by atoms with E-state index in [4.69, 9.17) is 14.6 Å². The minimum absolute atomic E-state index is 0.191. The van der Waals surface area contributed by atoms with Crippen molar-refractivity contribution in [3.05, 3.63) is 11.6 Å². The number of unbranched alkanes of at least 4 members (excludes halogenated alkanes) is 3. The van der Waals surface area contributed by atoms with Gasteiger partial charge in [0.1, 0.15) is 0 Å². The maximum absolute atomic E-state index is 12.0. The molecule has 0 aromatic heterocycles. The van der Waals surface area contributed by atoms with E-state index in [1.807, 2.05) is 13.8 Å². The molecule has 6 heteroatoms. The molecule has 1 saturated heterocycles. The van der Waals surface area contributed by atoms with E-state index in [-0.39, 0.29) is 11.7 Å². The zero-order valence-corrected chi connectivity index (χ0v) is 15.0. The number of carboxylic acids is 1. The second kappa shape index (κ2) is 12.0. The Morgan fingerprint density at radius 2 is 1.88 bits per heavy atom. The lowest BCUT2D eigenvalue weighted by Crippen LogP contribution is -2.36. The first-order chi connectivity index (χ1) is 11.5. The van der Waals surface area contributed by atoms with Crippen molar-refractivity contribution >= 4 is 11.9 Å². The third-order valence-electron chi connectivity index (χ3n) is 4.22. The predicted octanol–water partition coefficient (Wildman–Crippen LogP) is 2.62. The van der Waals surface area contributed by atoms with Crippen LogP contribution in [0.3, 0.4) is 0 Å². The number of aliphatic carboxylic acids is 1. The number of ether oxygens (including phenoxy) is 2. The molecular formula is C18H31NO5. The van der Waals surface area contributed by atoms with E-state index in [9.17, 15) is 9.59 Å². The topological polar surface area (TPSA) is 76.1 Å². The van der Waals surface area contributed by atoms with Crippen LogP contribution in [-0.4, -0.2) is 60.9 Å². The molecule has 0 radical (unpaired) electrons. The zero-order valence-electron chi connectivity index (χ0n) is 15.0. The van der Waals surface area contributed by atoms with Gasteiger partial charge in [-0.3, -0.25) is 4.90 Å². The highest BCUT2D eigenvalue weighted by Crippen LogP contribution is 2.14. The summed E-state index contributed by atoms with van der Waals surface area (Å²) in [5.41, 5.74) is 0.260. The van der Waals surface area contributed by atoms with Crippen LogP contribution in [-0.2, 0) is 19.1 Å². The normalized spacial score (nSPS) is 17.5. The smallest absolute Gasteiger partial charge is 0.334 e. The lowest BCUT2D eigenvalue weighted by atomic mass is 10.1. The van der Waals surface area contributed by atoms with Gasteiger partial charge in [-0.15, -0.1) is 0 Å². The minimum Gasteiger partial charge on any atom is -0.478 e. The number of rotatable bonds is 11. The van der Waals surface area contributed by atoms with Gasteiger partial charge in [0.25, 0.3) is 0 Å². The summed E-state index contributed by atoms with van der Waals surface area (Å²) in [7, 11) is 0. The van der Waals surface area contributed by atoms with Crippen LogP contribution in [0.25, 0.3) is 0 Å². The maximum atomic E-state index is 12.0. The first-order valence-corrected chi connectivity index (χ1v) is 8.97. The molecule has 1 atom stereocenters. The van der Waals surface area contributed by atoms with Gasteiger partial charge in [-0.1, -0.05) is 19.8 Å². The van der Waals surface area contributed by atoms with Crippen LogP contribution >= 0.6 is 0 Å². The van der Waals surface area contributed by atoms with E-state index in [0.717, 1.165) is 64.6 Å². The van der Waals surface area contributed by atoms with Crippen LogP contribution in [0.4, 0.5) is 0 Å². The average molecular weight is 341 g/mol. The van der Waals surface area contributed by atoms with Gasteiger partial charge < -0.3 is 14.6 Å². The molecule has 138 valence electrons. The largest absolute Gasteiger partial charge is 0.478 e. The molecule has 0 amide bonds. The van der Waals surface area contributed by atoms with Crippen molar-refractivity contribution in [2.75, 3.05) is 32.8 Å². The quantitative estimate of drug-likeness (QED) is 0.354. The average Bonchev–Trinajstić information content (AvgIpc) is 2.57. The maximum Gasteiger partial charge on any atom is 0.334 e. The lowest BCUT2D eigenvalue weighted by Gasteiger charge is -2.26. The number of morpholine rings is 1. The van der Waals surface area contributed by atoms with Crippen molar-refractivity contribution in [2.45, 2.75) is 58.5 Å². The summed E-state index contributed by atoms with van der Waals surface area (Å²) in [6, 6.07) is 0. The summed E-state index contributed by atoms with van der Waals surface area (Å²) in [6.07, 6.45) is 5.96. The summed E-state index contributed by atoms with van der Waals surface area (Å²) >= 11 is 0. The van der Waals surface area contributed by atoms with Gasteiger partial charge in [0.05, 0.1) is 19.3 Å². The number of hydrogen-bond acceptors (Lipinski definition) is 5. The monoisotopic (exact) mass is 341 g/mol. The second-order valence-electron chi connectivity index (χ2n) is 6.25. The van der Waals surface area contributed by atoms with E-state index in [2.05, 4.69) is 4.90 Å². The summed E-state index contributed by atoms with van der Waals surface area (Å²) in [5.74, 6) is -1.60. The van der Waals surface area contributed by atoms with Crippen LogP contribution in [0.1, 0.15) is 52.4 Å². The molecule has 6 nitrogen and oxygen atoms in total. The van der Waals surface area contributed by atoms with E-state index in [0.29, 0.717) is 12.8 Å². The van der Waals surface area contributed by atoms with Crippen molar-refractivity contribution in [3.63, 3.8) is 0 Å². The van der Waals surface area contributed by atoms with Crippen molar-refractivity contribution in [3.8, 4) is 0 Å². The number of esters is 1. The Bertz CT molecular complexity index is 416. The van der Waals surface area contributed by atoms with Crippen LogP contribution < -0.4 is 0 Å². The molecule has 1 rings (SSSR count). The van der Waals surface area contributed by atoms with E-state index < -0.39 is 11.9 Å². The van der Waals surface area contributed by atoms with Gasteiger partial charge in [0.15, 0.2) is 0 Å². The Morgan fingerprint density at radius 3 is 2.50 bits per heavy atom. The molecule has 1 N–H and O–H groups in total. The van der Waals surface area contributed by atoms with Gasteiger partial charge in [0.2, 0.25) is 0 Å². The first kappa shape index (κ1) is 20.6. The van der Waals surface area contributed by atoms with Crippen molar-refractivity contribution in [1.29, 1.82) is 0 Å². The Hall–Kier alpha value is -1.40. The fourth-order valence-electron chi connectivity index (χ4n) is 2.55. The van der Waals surface area contributed by atoms with Crippen molar-refractivity contribution in [1.82, 2.24) is 4.90 Å². The van der Waals surface area contributed by atoms with Crippen molar-refractivity contribution < 1.29 is 24.2 Å². The third kappa shape index (κ3) is 9.03. The summed E-state index contributed by atoms with van der Waals surface area (Å²) in [6.45, 7) is 8.47. The van der Waals surface area contributed by atoms with Gasteiger partial charge in [-0.25, -0.2) is 9.59 Å². The third-order valence-corrected chi connectivity index (χ3v) is 4.22. The molecule has 0 aromatic rings. The van der Waals surface area contributed by atoms with Gasteiger partial charge in [0, 0.05) is 24.7 Å². The lowest BCUT2D eigenvalue weighted by molar-refractivity contribution is -0.144. The first-order valence-electron chi connectivity index (χ1n) is 8.97. The van der Waals surface area contributed by atoms with E-state index in [1.54, 1.807) is 0 Å². The molecule has 24 heavy (non-hydrogen) atoms. The summed E-state index contributed by atoms with van der Waals surface area (Å²) in [5, 5.41) is 8.91. The zero-order chi connectivity index (χ0) is 17.8. The summed E-state index contributed by atoms with van der Waals surface area (Å²) < 4.78 is 10.6.